The first-order chi connectivity index (χ1) is 31.5. The highest BCUT2D eigenvalue weighted by Gasteiger charge is 2.44. The van der Waals surface area contributed by atoms with Gasteiger partial charge in [-0.15, -0.1) is 0 Å². The van der Waals surface area contributed by atoms with E-state index in [1.54, 1.807) is 0 Å². The second-order valence-electron chi connectivity index (χ2n) is 18.7. The summed E-state index contributed by atoms with van der Waals surface area (Å²) in [7, 11) is 0. The van der Waals surface area contributed by atoms with Crippen molar-refractivity contribution in [1.29, 1.82) is 0 Å². The number of benzene rings is 9. The van der Waals surface area contributed by atoms with Crippen LogP contribution in [-0.4, -0.2) is 0 Å². The van der Waals surface area contributed by atoms with Gasteiger partial charge in [0.2, 0.25) is 0 Å². The molecule has 3 aliphatic rings. The molecule has 1 spiro atoms. The predicted octanol–water partition coefficient (Wildman–Crippen LogP) is 17.4. The van der Waals surface area contributed by atoms with Crippen LogP contribution in [0.2, 0.25) is 0 Å². The molecule has 9 aromatic rings. The minimum absolute atomic E-state index is 0.0266. The van der Waals surface area contributed by atoms with Crippen LogP contribution in [0, 0.1) is 0 Å². The highest BCUT2D eigenvalue weighted by molar-refractivity contribution is 5.99. The maximum Gasteiger partial charge on any atom is 0.0540 e. The van der Waals surface area contributed by atoms with Crippen molar-refractivity contribution in [2.45, 2.75) is 56.8 Å². The van der Waals surface area contributed by atoms with Gasteiger partial charge in [0.25, 0.3) is 0 Å². The number of hydrogen-bond acceptors (Lipinski definition) is 1. The van der Waals surface area contributed by atoms with E-state index in [4.69, 9.17) is 0 Å². The Hall–Kier alpha value is -7.22. The molecule has 0 amide bonds. The number of fused-ring (bicyclic) bond motifs is 8. The van der Waals surface area contributed by atoms with Crippen LogP contribution in [0.4, 0.5) is 17.1 Å². The molecule has 308 valence electrons. The summed E-state index contributed by atoms with van der Waals surface area (Å²) in [6, 6.07) is 79.6. The van der Waals surface area contributed by atoms with Crippen LogP contribution in [0.3, 0.4) is 0 Å². The molecule has 0 aromatic heterocycles. The van der Waals surface area contributed by atoms with Crippen LogP contribution < -0.4 is 4.90 Å². The number of anilines is 3. The standard InChI is InChI=1S/C63H51N/c1-62(2)56-31-14-10-27-50(56)53-29-20-30-54(61(53)62)52-28-13-17-34-60(52)64(46-36-38-51-49-26-11-15-32-57(49)63(58(51)42-46)39-18-5-19-40-63)59-33-16-12-25-48(59)45-35-37-47(43-21-6-3-7-22-43)55(41-45)44-23-8-4-9-24-44/h3-4,6-17,20-38,41-42H,5,18-19,39-40H2,1-2H3. The van der Waals surface area contributed by atoms with Crippen molar-refractivity contribution in [3.05, 3.63) is 235 Å². The Morgan fingerprint density at radius 3 is 1.53 bits per heavy atom. The molecular formula is C63H51N. The number of para-hydroxylation sites is 2. The second kappa shape index (κ2) is 15.2. The lowest BCUT2D eigenvalue weighted by atomic mass is 9.68. The van der Waals surface area contributed by atoms with Gasteiger partial charge >= 0.3 is 0 Å². The third kappa shape index (κ3) is 5.98. The summed E-state index contributed by atoms with van der Waals surface area (Å²) in [5.41, 5.74) is 24.4. The van der Waals surface area contributed by atoms with Gasteiger partial charge in [-0.05, 0) is 121 Å². The lowest BCUT2D eigenvalue weighted by Crippen LogP contribution is -2.28. The monoisotopic (exact) mass is 821 g/mol. The number of nitrogens with zero attached hydrogens (tertiary/aromatic N) is 1. The highest BCUT2D eigenvalue weighted by atomic mass is 15.1. The van der Waals surface area contributed by atoms with Crippen LogP contribution in [0.25, 0.3) is 66.8 Å². The van der Waals surface area contributed by atoms with Crippen molar-refractivity contribution in [2.24, 2.45) is 0 Å². The fraction of sp³-hybridized carbons (Fsp3) is 0.143. The van der Waals surface area contributed by atoms with E-state index in [0.717, 1.165) is 5.69 Å². The maximum absolute atomic E-state index is 2.59. The minimum atomic E-state index is -0.167. The molecule has 1 saturated carbocycles. The van der Waals surface area contributed by atoms with Crippen molar-refractivity contribution in [3.8, 4) is 66.8 Å². The van der Waals surface area contributed by atoms with Gasteiger partial charge < -0.3 is 4.90 Å². The van der Waals surface area contributed by atoms with Crippen LogP contribution in [0.1, 0.15) is 68.2 Å². The lowest BCUT2D eigenvalue weighted by Gasteiger charge is -2.37. The minimum Gasteiger partial charge on any atom is -0.309 e. The van der Waals surface area contributed by atoms with Gasteiger partial charge in [-0.2, -0.15) is 0 Å². The smallest absolute Gasteiger partial charge is 0.0540 e. The van der Waals surface area contributed by atoms with E-state index in [1.807, 2.05) is 0 Å². The zero-order chi connectivity index (χ0) is 42.8. The summed E-state index contributed by atoms with van der Waals surface area (Å²) < 4.78 is 0. The SMILES string of the molecule is CC1(C)c2ccccc2-c2cccc(-c3ccccc3N(c3ccc4c(c3)C3(CCCCC3)c3ccccc3-4)c3ccccc3-c3ccc(-c4ccccc4)c(-c4ccccc4)c3)c21. The Kier molecular flexibility index (Phi) is 9.16. The van der Waals surface area contributed by atoms with Gasteiger partial charge in [-0.25, -0.2) is 0 Å². The molecule has 0 aliphatic heterocycles. The molecule has 3 aliphatic carbocycles. The molecule has 1 heteroatoms. The summed E-state index contributed by atoms with van der Waals surface area (Å²) in [6.07, 6.45) is 6.20. The average molecular weight is 822 g/mol. The maximum atomic E-state index is 2.59. The fourth-order valence-electron chi connectivity index (χ4n) is 12.0. The van der Waals surface area contributed by atoms with Gasteiger partial charge in [0, 0.05) is 27.6 Å². The quantitative estimate of drug-likeness (QED) is 0.155. The molecule has 9 aromatic carbocycles. The Morgan fingerprint density at radius 1 is 0.328 bits per heavy atom. The molecule has 0 radical (unpaired) electrons. The first kappa shape index (κ1) is 38.5. The van der Waals surface area contributed by atoms with Crippen LogP contribution in [0.5, 0.6) is 0 Å². The van der Waals surface area contributed by atoms with E-state index in [-0.39, 0.29) is 10.8 Å². The van der Waals surface area contributed by atoms with Gasteiger partial charge in [0.05, 0.1) is 11.4 Å². The molecule has 0 N–H and O–H groups in total. The van der Waals surface area contributed by atoms with E-state index in [9.17, 15) is 0 Å². The van der Waals surface area contributed by atoms with Gasteiger partial charge in [0.1, 0.15) is 0 Å². The Balaban J connectivity index is 1.11. The van der Waals surface area contributed by atoms with Crippen LogP contribution in [0.15, 0.2) is 212 Å². The van der Waals surface area contributed by atoms with Gasteiger partial charge in [0.15, 0.2) is 0 Å². The zero-order valence-corrected chi connectivity index (χ0v) is 36.7. The Labute approximate surface area is 378 Å². The first-order valence-electron chi connectivity index (χ1n) is 23.2. The van der Waals surface area contributed by atoms with E-state index in [1.165, 1.54) is 132 Å². The average Bonchev–Trinajstić information content (AvgIpc) is 3.76. The summed E-state index contributed by atoms with van der Waals surface area (Å²) in [4.78, 5) is 2.59. The third-order valence-electron chi connectivity index (χ3n) is 14.9. The second-order valence-corrected chi connectivity index (χ2v) is 18.7. The fourth-order valence-corrected chi connectivity index (χ4v) is 12.0. The normalized spacial score (nSPS) is 15.0. The molecule has 0 atom stereocenters. The largest absolute Gasteiger partial charge is 0.309 e. The summed E-state index contributed by atoms with van der Waals surface area (Å²) in [5, 5.41) is 0. The van der Waals surface area contributed by atoms with E-state index >= 15 is 0 Å². The van der Waals surface area contributed by atoms with Crippen molar-refractivity contribution in [3.63, 3.8) is 0 Å². The summed E-state index contributed by atoms with van der Waals surface area (Å²) in [5.74, 6) is 0. The molecule has 0 unspecified atom stereocenters. The molecular weight excluding hydrogens is 771 g/mol. The van der Waals surface area contributed by atoms with Gasteiger partial charge in [-0.3, -0.25) is 0 Å². The molecule has 1 fully saturated rings. The molecule has 12 rings (SSSR count). The van der Waals surface area contributed by atoms with Crippen molar-refractivity contribution < 1.29 is 0 Å². The molecule has 0 heterocycles. The highest BCUT2D eigenvalue weighted by Crippen LogP contribution is 2.58. The Bertz CT molecular complexity index is 3220. The van der Waals surface area contributed by atoms with Crippen LogP contribution >= 0.6 is 0 Å². The lowest BCUT2D eigenvalue weighted by molar-refractivity contribution is 0.353. The van der Waals surface area contributed by atoms with E-state index in [0.29, 0.717) is 0 Å². The summed E-state index contributed by atoms with van der Waals surface area (Å²) in [6.45, 7) is 4.81. The van der Waals surface area contributed by atoms with E-state index in [2.05, 4.69) is 231 Å². The molecule has 64 heavy (non-hydrogen) atoms. The van der Waals surface area contributed by atoms with Gasteiger partial charge in [-0.1, -0.05) is 215 Å². The Morgan fingerprint density at radius 2 is 0.828 bits per heavy atom. The number of rotatable bonds is 7. The molecule has 0 bridgehead atoms. The van der Waals surface area contributed by atoms with Crippen LogP contribution in [-0.2, 0) is 10.8 Å². The topological polar surface area (TPSA) is 3.24 Å². The van der Waals surface area contributed by atoms with Crippen molar-refractivity contribution >= 4 is 17.1 Å². The molecule has 0 saturated heterocycles. The zero-order valence-electron chi connectivity index (χ0n) is 36.7. The van der Waals surface area contributed by atoms with Crippen molar-refractivity contribution in [2.75, 3.05) is 4.90 Å². The summed E-state index contributed by atoms with van der Waals surface area (Å²) >= 11 is 0. The predicted molar refractivity (Wildman–Crippen MR) is 270 cm³/mol. The first-order valence-corrected chi connectivity index (χ1v) is 23.2. The van der Waals surface area contributed by atoms with Crippen molar-refractivity contribution in [1.82, 2.24) is 0 Å². The third-order valence-corrected chi connectivity index (χ3v) is 14.9. The van der Waals surface area contributed by atoms with E-state index < -0.39 is 0 Å². The number of hydrogen-bond donors (Lipinski definition) is 0. The molecule has 1 nitrogen and oxygen atoms in total.